The zero-order valence-electron chi connectivity index (χ0n) is 17.4. The second-order valence-corrected chi connectivity index (χ2v) is 7.86. The van der Waals surface area contributed by atoms with Gasteiger partial charge in [0, 0.05) is 11.6 Å². The lowest BCUT2D eigenvalue weighted by Gasteiger charge is -2.12. The highest BCUT2D eigenvalue weighted by Gasteiger charge is 2.33. The molecule has 1 fully saturated rings. The van der Waals surface area contributed by atoms with Gasteiger partial charge in [0.25, 0.3) is 5.91 Å². The minimum atomic E-state index is -1.33. The minimum absolute atomic E-state index is 0.0547. The number of aromatic carboxylic acids is 1. The van der Waals surface area contributed by atoms with Gasteiger partial charge in [0.05, 0.1) is 11.4 Å². The van der Waals surface area contributed by atoms with Gasteiger partial charge in [-0.2, -0.15) is 5.10 Å². The number of primary amides is 1. The van der Waals surface area contributed by atoms with E-state index >= 15 is 0 Å². The standard InChI is InChI=1S/C23H23N5O4/c1-12-7-8-14(22(30)26-15-9-10-15)11-16(12)28-20(24)18(23(31)32)19(27-28)17(21(25)29)13-5-3-2-4-6-13/h2-8,11,15,17H,9-10,24H2,1H3,(H2,25,29)(H,26,30)(H,31,32). The van der Waals surface area contributed by atoms with Crippen LogP contribution in [0.3, 0.4) is 0 Å². The van der Waals surface area contributed by atoms with Crippen molar-refractivity contribution in [3.05, 3.63) is 76.5 Å². The Hall–Kier alpha value is -4.14. The van der Waals surface area contributed by atoms with Crippen LogP contribution in [0, 0.1) is 6.92 Å². The third-order valence-corrected chi connectivity index (χ3v) is 5.47. The lowest BCUT2D eigenvalue weighted by Crippen LogP contribution is -2.25. The van der Waals surface area contributed by atoms with Crippen molar-refractivity contribution in [2.24, 2.45) is 5.73 Å². The molecule has 0 bridgehead atoms. The van der Waals surface area contributed by atoms with Crippen LogP contribution in [0.4, 0.5) is 5.82 Å². The molecule has 1 unspecified atom stereocenters. The monoisotopic (exact) mass is 433 g/mol. The third-order valence-electron chi connectivity index (χ3n) is 5.47. The highest BCUT2D eigenvalue weighted by atomic mass is 16.4. The lowest BCUT2D eigenvalue weighted by molar-refractivity contribution is -0.118. The summed E-state index contributed by atoms with van der Waals surface area (Å²) in [5.74, 6) is -3.56. The van der Waals surface area contributed by atoms with Crippen LogP contribution in [0.5, 0.6) is 0 Å². The van der Waals surface area contributed by atoms with Crippen LogP contribution in [-0.2, 0) is 4.79 Å². The van der Waals surface area contributed by atoms with Crippen LogP contribution in [0.2, 0.25) is 0 Å². The number of carbonyl (C=O) groups is 3. The molecular formula is C23H23N5O4. The van der Waals surface area contributed by atoms with E-state index in [-0.39, 0.29) is 29.0 Å². The summed E-state index contributed by atoms with van der Waals surface area (Å²) >= 11 is 0. The quantitative estimate of drug-likeness (QED) is 0.447. The van der Waals surface area contributed by atoms with Crippen molar-refractivity contribution >= 4 is 23.6 Å². The van der Waals surface area contributed by atoms with Gasteiger partial charge < -0.3 is 21.9 Å². The summed E-state index contributed by atoms with van der Waals surface area (Å²) in [7, 11) is 0. The molecule has 1 heterocycles. The third kappa shape index (κ3) is 3.92. The number of rotatable bonds is 7. The van der Waals surface area contributed by atoms with E-state index in [0.717, 1.165) is 18.4 Å². The Kier molecular flexibility index (Phi) is 5.40. The molecule has 0 saturated heterocycles. The molecule has 3 aromatic rings. The van der Waals surface area contributed by atoms with Gasteiger partial charge in [0.2, 0.25) is 5.91 Å². The van der Waals surface area contributed by atoms with E-state index in [9.17, 15) is 19.5 Å². The number of hydrogen-bond acceptors (Lipinski definition) is 5. The van der Waals surface area contributed by atoms with Gasteiger partial charge in [-0.25, -0.2) is 9.48 Å². The number of benzene rings is 2. The van der Waals surface area contributed by atoms with Gasteiger partial charge in [-0.1, -0.05) is 36.4 Å². The van der Waals surface area contributed by atoms with Gasteiger partial charge in [-0.05, 0) is 43.0 Å². The number of aryl methyl sites for hydroxylation is 1. The normalized spacial score (nSPS) is 14.0. The number of carboxylic acid groups (broad SMARTS) is 1. The topological polar surface area (TPSA) is 153 Å². The second-order valence-electron chi connectivity index (χ2n) is 7.86. The predicted molar refractivity (Wildman–Crippen MR) is 118 cm³/mol. The molecule has 164 valence electrons. The van der Waals surface area contributed by atoms with Gasteiger partial charge in [-0.15, -0.1) is 0 Å². The maximum atomic E-state index is 12.5. The summed E-state index contributed by atoms with van der Waals surface area (Å²) in [6, 6.07) is 13.8. The Bertz CT molecular complexity index is 1210. The molecule has 9 heteroatoms. The number of aromatic nitrogens is 2. The summed E-state index contributed by atoms with van der Waals surface area (Å²) < 4.78 is 1.25. The van der Waals surface area contributed by atoms with E-state index in [1.165, 1.54) is 4.68 Å². The number of nitrogens with zero attached hydrogens (tertiary/aromatic N) is 2. The fourth-order valence-corrected chi connectivity index (χ4v) is 3.63. The molecule has 0 radical (unpaired) electrons. The maximum absolute atomic E-state index is 12.5. The van der Waals surface area contributed by atoms with Crippen molar-refractivity contribution in [1.82, 2.24) is 15.1 Å². The maximum Gasteiger partial charge on any atom is 0.341 e. The first-order valence-corrected chi connectivity index (χ1v) is 10.2. The van der Waals surface area contributed by atoms with E-state index in [4.69, 9.17) is 11.5 Å². The highest BCUT2D eigenvalue weighted by molar-refractivity contribution is 5.98. The predicted octanol–water partition coefficient (Wildman–Crippen LogP) is 1.97. The average molecular weight is 433 g/mol. The van der Waals surface area contributed by atoms with Gasteiger partial charge >= 0.3 is 5.97 Å². The Morgan fingerprint density at radius 2 is 1.84 bits per heavy atom. The first kappa shape index (κ1) is 21.1. The van der Waals surface area contributed by atoms with E-state index < -0.39 is 17.8 Å². The molecule has 32 heavy (non-hydrogen) atoms. The van der Waals surface area contributed by atoms with Crippen LogP contribution in [0.1, 0.15) is 56.3 Å². The number of nitrogens with one attached hydrogen (secondary N) is 1. The fraction of sp³-hybridized carbons (Fsp3) is 0.217. The molecule has 0 spiro atoms. The Balaban J connectivity index is 1.85. The molecule has 9 nitrogen and oxygen atoms in total. The number of amides is 2. The first-order chi connectivity index (χ1) is 15.3. The van der Waals surface area contributed by atoms with E-state index in [1.54, 1.807) is 55.5 Å². The van der Waals surface area contributed by atoms with Crippen LogP contribution in [-0.4, -0.2) is 38.7 Å². The zero-order chi connectivity index (χ0) is 23.0. The number of nitrogens with two attached hydrogens (primary N) is 2. The number of carbonyl (C=O) groups excluding carboxylic acids is 2. The van der Waals surface area contributed by atoms with E-state index in [2.05, 4.69) is 10.4 Å². The molecule has 2 aromatic carbocycles. The summed E-state index contributed by atoms with van der Waals surface area (Å²) in [5, 5.41) is 17.2. The van der Waals surface area contributed by atoms with Crippen molar-refractivity contribution in [2.45, 2.75) is 31.7 Å². The van der Waals surface area contributed by atoms with Crippen molar-refractivity contribution < 1.29 is 19.5 Å². The summed E-state index contributed by atoms with van der Waals surface area (Å²) in [6.45, 7) is 1.79. The van der Waals surface area contributed by atoms with Crippen molar-refractivity contribution in [3.8, 4) is 5.69 Å². The van der Waals surface area contributed by atoms with Crippen molar-refractivity contribution in [1.29, 1.82) is 0 Å². The summed E-state index contributed by atoms with van der Waals surface area (Å²) in [5.41, 5.74) is 13.6. The molecule has 1 aliphatic rings. The first-order valence-electron chi connectivity index (χ1n) is 10.2. The van der Waals surface area contributed by atoms with Crippen molar-refractivity contribution in [3.63, 3.8) is 0 Å². The Labute approximate surface area is 184 Å². The Morgan fingerprint density at radius 1 is 1.16 bits per heavy atom. The summed E-state index contributed by atoms with van der Waals surface area (Å²) in [6.07, 6.45) is 1.91. The number of anilines is 1. The van der Waals surface area contributed by atoms with Crippen LogP contribution in [0.25, 0.3) is 5.69 Å². The molecule has 1 aliphatic carbocycles. The van der Waals surface area contributed by atoms with Crippen LogP contribution < -0.4 is 16.8 Å². The molecule has 0 aliphatic heterocycles. The summed E-state index contributed by atoms with van der Waals surface area (Å²) in [4.78, 5) is 36.9. The largest absolute Gasteiger partial charge is 0.477 e. The molecule has 6 N–H and O–H groups in total. The smallest absolute Gasteiger partial charge is 0.341 e. The highest BCUT2D eigenvalue weighted by Crippen LogP contribution is 2.32. The van der Waals surface area contributed by atoms with Gasteiger partial charge in [0.15, 0.2) is 0 Å². The molecule has 1 aromatic heterocycles. The average Bonchev–Trinajstić information content (AvgIpc) is 3.50. The van der Waals surface area contributed by atoms with Crippen LogP contribution >= 0.6 is 0 Å². The SMILES string of the molecule is Cc1ccc(C(=O)NC2CC2)cc1-n1nc(C(C(N)=O)c2ccccc2)c(C(=O)O)c1N. The molecule has 4 rings (SSSR count). The number of carboxylic acids is 1. The molecule has 2 amide bonds. The number of nitrogen functional groups attached to an aromatic ring is 1. The Morgan fingerprint density at radius 3 is 2.44 bits per heavy atom. The molecular weight excluding hydrogens is 410 g/mol. The minimum Gasteiger partial charge on any atom is -0.477 e. The number of hydrogen-bond donors (Lipinski definition) is 4. The van der Waals surface area contributed by atoms with Gasteiger partial charge in [-0.3, -0.25) is 9.59 Å². The van der Waals surface area contributed by atoms with Crippen molar-refractivity contribution in [2.75, 3.05) is 5.73 Å². The molecule has 1 saturated carbocycles. The fourth-order valence-electron chi connectivity index (χ4n) is 3.63. The lowest BCUT2D eigenvalue weighted by atomic mass is 9.92. The van der Waals surface area contributed by atoms with E-state index in [1.807, 2.05) is 0 Å². The second kappa shape index (κ2) is 8.18. The van der Waals surface area contributed by atoms with Crippen LogP contribution in [0.15, 0.2) is 48.5 Å². The van der Waals surface area contributed by atoms with Gasteiger partial charge in [0.1, 0.15) is 17.3 Å². The zero-order valence-corrected chi connectivity index (χ0v) is 17.4. The molecule has 1 atom stereocenters. The van der Waals surface area contributed by atoms with E-state index in [0.29, 0.717) is 16.8 Å².